The Bertz CT molecular complexity index is 242. The van der Waals surface area contributed by atoms with Gasteiger partial charge < -0.3 is 10.6 Å². The second kappa shape index (κ2) is 3.64. The van der Waals surface area contributed by atoms with Crippen molar-refractivity contribution in [3.63, 3.8) is 0 Å². The molecule has 0 aromatic carbocycles. The molecular weight excluding hydrogens is 154 g/mol. The summed E-state index contributed by atoms with van der Waals surface area (Å²) in [6.07, 6.45) is 0. The van der Waals surface area contributed by atoms with E-state index in [1.54, 1.807) is 0 Å². The molecule has 1 aromatic rings. The van der Waals surface area contributed by atoms with Crippen LogP contribution in [0.25, 0.3) is 0 Å². The van der Waals surface area contributed by atoms with Crippen LogP contribution in [-0.4, -0.2) is 40.7 Å². The van der Waals surface area contributed by atoms with Crippen LogP contribution in [0.3, 0.4) is 0 Å². The van der Waals surface area contributed by atoms with Gasteiger partial charge in [0.2, 0.25) is 0 Å². The maximum atomic E-state index is 5.82. The molecule has 0 aliphatic heterocycles. The minimum Gasteiger partial charge on any atom is -0.320 e. The van der Waals surface area contributed by atoms with E-state index in [0.717, 1.165) is 12.4 Å². The van der Waals surface area contributed by atoms with E-state index < -0.39 is 0 Å². The molecule has 1 unspecified atom stereocenters. The number of hydrogen-bond donors (Lipinski definition) is 2. The van der Waals surface area contributed by atoms with Gasteiger partial charge in [-0.05, 0) is 21.0 Å². The van der Waals surface area contributed by atoms with Gasteiger partial charge in [0.05, 0.1) is 6.04 Å². The summed E-state index contributed by atoms with van der Waals surface area (Å²) >= 11 is 0. The Balaban J connectivity index is 2.58. The van der Waals surface area contributed by atoms with Gasteiger partial charge in [0.15, 0.2) is 5.82 Å². The summed E-state index contributed by atoms with van der Waals surface area (Å²) in [5.74, 6) is 1.49. The lowest BCUT2D eigenvalue weighted by atomic mass is 10.3. The van der Waals surface area contributed by atoms with Gasteiger partial charge in [-0.15, -0.1) is 0 Å². The third-order valence-corrected chi connectivity index (χ3v) is 1.51. The van der Waals surface area contributed by atoms with Gasteiger partial charge in [0.25, 0.3) is 0 Å². The third-order valence-electron chi connectivity index (χ3n) is 1.51. The summed E-state index contributed by atoms with van der Waals surface area (Å²) in [7, 11) is 3.94. The maximum absolute atomic E-state index is 5.82. The van der Waals surface area contributed by atoms with Crippen LogP contribution in [0.2, 0.25) is 0 Å². The topological polar surface area (TPSA) is 70.8 Å². The van der Waals surface area contributed by atoms with Crippen molar-refractivity contribution in [3.8, 4) is 0 Å². The van der Waals surface area contributed by atoms with Gasteiger partial charge in [0.1, 0.15) is 5.82 Å². The van der Waals surface area contributed by atoms with Crippen molar-refractivity contribution in [1.82, 2.24) is 20.1 Å². The fraction of sp³-hybridized carbons (Fsp3) is 0.714. The van der Waals surface area contributed by atoms with Crippen LogP contribution in [0.4, 0.5) is 0 Å². The predicted molar refractivity (Wildman–Crippen MR) is 46.6 cm³/mol. The van der Waals surface area contributed by atoms with Crippen molar-refractivity contribution in [2.75, 3.05) is 20.6 Å². The number of H-pyrrole nitrogens is 1. The molecule has 5 heteroatoms. The Labute approximate surface area is 72.0 Å². The Kier molecular flexibility index (Phi) is 2.78. The second-order valence-corrected chi connectivity index (χ2v) is 3.15. The fourth-order valence-corrected chi connectivity index (χ4v) is 1.00. The van der Waals surface area contributed by atoms with E-state index in [4.69, 9.17) is 5.73 Å². The lowest BCUT2D eigenvalue weighted by Crippen LogP contribution is -2.26. The van der Waals surface area contributed by atoms with E-state index in [0.29, 0.717) is 5.82 Å². The first kappa shape index (κ1) is 9.15. The van der Waals surface area contributed by atoms with Crippen molar-refractivity contribution in [3.05, 3.63) is 11.6 Å². The monoisotopic (exact) mass is 169 g/mol. The number of hydrogen-bond acceptors (Lipinski definition) is 4. The third kappa shape index (κ3) is 2.28. The van der Waals surface area contributed by atoms with E-state index in [9.17, 15) is 0 Å². The number of rotatable bonds is 3. The van der Waals surface area contributed by atoms with E-state index in [2.05, 4.69) is 15.2 Å². The Morgan fingerprint density at radius 1 is 1.58 bits per heavy atom. The summed E-state index contributed by atoms with van der Waals surface area (Å²) in [6, 6.07) is -0.107. The Morgan fingerprint density at radius 3 is 2.67 bits per heavy atom. The number of likely N-dealkylation sites (N-methyl/N-ethyl adjacent to an activating group) is 1. The lowest BCUT2D eigenvalue weighted by Gasteiger charge is -2.13. The first-order valence-corrected chi connectivity index (χ1v) is 3.89. The minimum absolute atomic E-state index is 0.107. The van der Waals surface area contributed by atoms with Crippen molar-refractivity contribution < 1.29 is 0 Å². The predicted octanol–water partition coefficient (Wildman–Crippen LogP) is -0.325. The zero-order valence-electron chi connectivity index (χ0n) is 7.70. The highest BCUT2D eigenvalue weighted by atomic mass is 15.2. The van der Waals surface area contributed by atoms with E-state index in [1.165, 1.54) is 0 Å². The highest BCUT2D eigenvalue weighted by Gasteiger charge is 2.11. The number of aromatic amines is 1. The average Bonchev–Trinajstić information content (AvgIpc) is 2.34. The molecule has 0 fully saturated rings. The van der Waals surface area contributed by atoms with Crippen LogP contribution in [0.1, 0.15) is 17.7 Å². The fourth-order valence-electron chi connectivity index (χ4n) is 1.00. The first-order valence-electron chi connectivity index (χ1n) is 3.89. The van der Waals surface area contributed by atoms with Gasteiger partial charge in [-0.1, -0.05) is 0 Å². The number of aryl methyl sites for hydroxylation is 1. The molecule has 68 valence electrons. The molecule has 0 amide bonds. The summed E-state index contributed by atoms with van der Waals surface area (Å²) in [5, 5.41) is 6.74. The number of nitrogens with one attached hydrogen (secondary N) is 1. The largest absolute Gasteiger partial charge is 0.320 e. The molecule has 0 saturated heterocycles. The molecular formula is C7H15N5. The van der Waals surface area contributed by atoms with Crippen LogP contribution < -0.4 is 5.73 Å². The van der Waals surface area contributed by atoms with E-state index in [-0.39, 0.29) is 6.04 Å². The number of nitrogens with zero attached hydrogens (tertiary/aromatic N) is 3. The SMILES string of the molecule is Cc1nc(C(N)CN(C)C)n[nH]1. The molecule has 5 nitrogen and oxygen atoms in total. The van der Waals surface area contributed by atoms with Gasteiger partial charge in [-0.25, -0.2) is 4.98 Å². The molecule has 0 radical (unpaired) electrons. The van der Waals surface area contributed by atoms with Gasteiger partial charge >= 0.3 is 0 Å². The number of aromatic nitrogens is 3. The van der Waals surface area contributed by atoms with Crippen molar-refractivity contribution in [2.45, 2.75) is 13.0 Å². The smallest absolute Gasteiger partial charge is 0.168 e. The Morgan fingerprint density at radius 2 is 2.25 bits per heavy atom. The standard InChI is InChI=1S/C7H15N5/c1-5-9-7(11-10-5)6(8)4-12(2)3/h6H,4,8H2,1-3H3,(H,9,10,11). The molecule has 0 saturated carbocycles. The first-order chi connectivity index (χ1) is 5.59. The van der Waals surface area contributed by atoms with Gasteiger partial charge in [0, 0.05) is 6.54 Å². The molecule has 1 aromatic heterocycles. The Hall–Kier alpha value is -0.940. The highest BCUT2D eigenvalue weighted by Crippen LogP contribution is 2.03. The van der Waals surface area contributed by atoms with Crippen LogP contribution >= 0.6 is 0 Å². The van der Waals surface area contributed by atoms with Crippen molar-refractivity contribution in [1.29, 1.82) is 0 Å². The molecule has 3 N–H and O–H groups in total. The van der Waals surface area contributed by atoms with Crippen LogP contribution in [0.5, 0.6) is 0 Å². The molecule has 12 heavy (non-hydrogen) atoms. The zero-order chi connectivity index (χ0) is 9.14. The minimum atomic E-state index is -0.107. The molecule has 0 bridgehead atoms. The van der Waals surface area contributed by atoms with E-state index in [1.807, 2.05) is 25.9 Å². The maximum Gasteiger partial charge on any atom is 0.168 e. The van der Waals surface area contributed by atoms with E-state index >= 15 is 0 Å². The van der Waals surface area contributed by atoms with Crippen molar-refractivity contribution in [2.24, 2.45) is 5.73 Å². The lowest BCUT2D eigenvalue weighted by molar-refractivity contribution is 0.370. The van der Waals surface area contributed by atoms with Crippen molar-refractivity contribution >= 4 is 0 Å². The molecule has 1 atom stereocenters. The van der Waals surface area contributed by atoms with Gasteiger partial charge in [-0.3, -0.25) is 5.10 Å². The molecule has 1 rings (SSSR count). The molecule has 0 aliphatic rings. The average molecular weight is 169 g/mol. The molecule has 0 aliphatic carbocycles. The summed E-state index contributed by atoms with van der Waals surface area (Å²) in [6.45, 7) is 2.62. The van der Waals surface area contributed by atoms with Gasteiger partial charge in [-0.2, -0.15) is 5.10 Å². The zero-order valence-corrected chi connectivity index (χ0v) is 7.70. The summed E-state index contributed by atoms with van der Waals surface area (Å²) in [5.41, 5.74) is 5.82. The highest BCUT2D eigenvalue weighted by molar-refractivity contribution is 4.94. The summed E-state index contributed by atoms with van der Waals surface area (Å²) < 4.78 is 0. The normalized spacial score (nSPS) is 13.8. The van der Waals surface area contributed by atoms with Crippen LogP contribution in [0, 0.1) is 6.92 Å². The molecule has 1 heterocycles. The van der Waals surface area contributed by atoms with Crippen LogP contribution in [0.15, 0.2) is 0 Å². The van der Waals surface area contributed by atoms with Crippen LogP contribution in [-0.2, 0) is 0 Å². The quantitative estimate of drug-likeness (QED) is 0.650. The number of nitrogens with two attached hydrogens (primary N) is 1. The summed E-state index contributed by atoms with van der Waals surface area (Å²) in [4.78, 5) is 6.16. The second-order valence-electron chi connectivity index (χ2n) is 3.15. The molecule has 0 spiro atoms.